The van der Waals surface area contributed by atoms with Crippen molar-refractivity contribution in [1.82, 2.24) is 5.32 Å². The Hall–Kier alpha value is -0.580. The molecule has 15 heavy (non-hydrogen) atoms. The van der Waals surface area contributed by atoms with Crippen LogP contribution >= 0.6 is 11.3 Å². The number of nitrogens with two attached hydrogens (primary N) is 1. The average molecular weight is 226 g/mol. The largest absolute Gasteiger partial charge is 0.398 e. The van der Waals surface area contributed by atoms with Crippen LogP contribution in [0.2, 0.25) is 0 Å². The third kappa shape index (κ3) is 2.93. The summed E-state index contributed by atoms with van der Waals surface area (Å²) in [4.78, 5) is 1.24. The van der Waals surface area contributed by atoms with Crippen molar-refractivity contribution in [3.05, 3.63) is 16.3 Å². The molecule has 0 amide bonds. The normalized spacial score (nSPS) is 26.7. The molecule has 0 saturated carbocycles. The molecular weight excluding hydrogens is 208 g/mol. The summed E-state index contributed by atoms with van der Waals surface area (Å²) in [6.07, 6.45) is 2.60. The fourth-order valence-corrected chi connectivity index (χ4v) is 2.66. The van der Waals surface area contributed by atoms with E-state index in [1.807, 2.05) is 11.4 Å². The van der Waals surface area contributed by atoms with Gasteiger partial charge in [0.15, 0.2) is 0 Å². The van der Waals surface area contributed by atoms with Crippen molar-refractivity contribution in [2.75, 3.05) is 12.3 Å². The highest BCUT2D eigenvalue weighted by Gasteiger charge is 2.18. The standard InChI is InChI=1S/C11H18N2OS/c1-8-6-9(2-4-14-8)13-7-11-10(12)3-5-15-11/h3,5,8-9,13H,2,4,6-7,12H2,1H3. The maximum absolute atomic E-state index is 5.83. The fourth-order valence-electron chi connectivity index (χ4n) is 1.91. The van der Waals surface area contributed by atoms with E-state index < -0.39 is 0 Å². The molecule has 2 heterocycles. The molecule has 4 heteroatoms. The van der Waals surface area contributed by atoms with Gasteiger partial charge >= 0.3 is 0 Å². The highest BCUT2D eigenvalue weighted by Crippen LogP contribution is 2.20. The van der Waals surface area contributed by atoms with Crippen LogP contribution in [-0.4, -0.2) is 18.8 Å². The van der Waals surface area contributed by atoms with Crippen LogP contribution in [0.25, 0.3) is 0 Å². The number of thiophene rings is 1. The first-order valence-corrected chi connectivity index (χ1v) is 6.30. The second-order valence-corrected chi connectivity index (χ2v) is 5.08. The van der Waals surface area contributed by atoms with E-state index in [0.717, 1.165) is 31.7 Å². The maximum atomic E-state index is 5.83. The van der Waals surface area contributed by atoms with E-state index >= 15 is 0 Å². The third-order valence-corrected chi connectivity index (χ3v) is 3.75. The Morgan fingerprint density at radius 2 is 2.53 bits per heavy atom. The zero-order valence-corrected chi connectivity index (χ0v) is 9.85. The molecule has 2 rings (SSSR count). The Morgan fingerprint density at radius 1 is 1.67 bits per heavy atom. The van der Waals surface area contributed by atoms with Gasteiger partial charge in [-0.3, -0.25) is 0 Å². The van der Waals surface area contributed by atoms with E-state index in [-0.39, 0.29) is 0 Å². The van der Waals surface area contributed by atoms with Crippen molar-refractivity contribution < 1.29 is 4.74 Å². The molecule has 0 spiro atoms. The van der Waals surface area contributed by atoms with Gasteiger partial charge in [-0.15, -0.1) is 11.3 Å². The zero-order valence-electron chi connectivity index (χ0n) is 9.03. The van der Waals surface area contributed by atoms with Gasteiger partial charge in [0.1, 0.15) is 0 Å². The van der Waals surface area contributed by atoms with Crippen LogP contribution in [0, 0.1) is 0 Å². The van der Waals surface area contributed by atoms with Gasteiger partial charge in [-0.1, -0.05) is 0 Å². The molecule has 0 bridgehead atoms. The number of hydrogen-bond acceptors (Lipinski definition) is 4. The van der Waals surface area contributed by atoms with E-state index in [1.54, 1.807) is 11.3 Å². The zero-order chi connectivity index (χ0) is 10.7. The van der Waals surface area contributed by atoms with Crippen LogP contribution < -0.4 is 11.1 Å². The molecule has 2 unspecified atom stereocenters. The van der Waals surface area contributed by atoms with Gasteiger partial charge in [0.05, 0.1) is 6.10 Å². The van der Waals surface area contributed by atoms with Crippen LogP contribution in [0.3, 0.4) is 0 Å². The lowest BCUT2D eigenvalue weighted by molar-refractivity contribution is 0.0131. The number of nitrogen functional groups attached to an aromatic ring is 1. The average Bonchev–Trinajstić information content (AvgIpc) is 2.61. The second kappa shape index (κ2) is 4.96. The summed E-state index contributed by atoms with van der Waals surface area (Å²) in [6.45, 7) is 3.90. The predicted octanol–water partition coefficient (Wildman–Crippen LogP) is 1.99. The minimum absolute atomic E-state index is 0.386. The van der Waals surface area contributed by atoms with Gasteiger partial charge in [0.25, 0.3) is 0 Å². The van der Waals surface area contributed by atoms with Crippen molar-refractivity contribution in [2.45, 2.75) is 38.5 Å². The summed E-state index contributed by atoms with van der Waals surface area (Å²) in [6, 6.07) is 2.55. The predicted molar refractivity (Wildman–Crippen MR) is 64.0 cm³/mol. The smallest absolute Gasteiger partial charge is 0.0561 e. The molecule has 1 aromatic heterocycles. The molecule has 3 N–H and O–H groups in total. The van der Waals surface area contributed by atoms with Crippen molar-refractivity contribution >= 4 is 17.0 Å². The summed E-state index contributed by atoms with van der Waals surface area (Å²) >= 11 is 1.72. The van der Waals surface area contributed by atoms with Crippen LogP contribution in [0.1, 0.15) is 24.6 Å². The fraction of sp³-hybridized carbons (Fsp3) is 0.636. The summed E-state index contributed by atoms with van der Waals surface area (Å²) in [5.74, 6) is 0. The molecule has 2 atom stereocenters. The number of anilines is 1. The van der Waals surface area contributed by atoms with Gasteiger partial charge in [-0.25, -0.2) is 0 Å². The lowest BCUT2D eigenvalue weighted by Crippen LogP contribution is -2.37. The molecule has 0 aromatic carbocycles. The maximum Gasteiger partial charge on any atom is 0.0561 e. The van der Waals surface area contributed by atoms with E-state index in [2.05, 4.69) is 12.2 Å². The van der Waals surface area contributed by atoms with E-state index in [4.69, 9.17) is 10.5 Å². The van der Waals surface area contributed by atoms with Crippen molar-refractivity contribution in [2.24, 2.45) is 0 Å². The van der Waals surface area contributed by atoms with Crippen molar-refractivity contribution in [1.29, 1.82) is 0 Å². The van der Waals surface area contributed by atoms with Crippen LogP contribution in [0.15, 0.2) is 11.4 Å². The molecular formula is C11H18N2OS. The van der Waals surface area contributed by atoms with Gasteiger partial charge in [-0.2, -0.15) is 0 Å². The van der Waals surface area contributed by atoms with E-state index in [9.17, 15) is 0 Å². The summed E-state index contributed by atoms with van der Waals surface area (Å²) in [5, 5.41) is 5.59. The minimum atomic E-state index is 0.386. The summed E-state index contributed by atoms with van der Waals surface area (Å²) in [5.41, 5.74) is 6.74. The number of ether oxygens (including phenoxy) is 1. The Kier molecular flexibility index (Phi) is 3.61. The van der Waals surface area contributed by atoms with Crippen molar-refractivity contribution in [3.8, 4) is 0 Å². The van der Waals surface area contributed by atoms with E-state index in [1.165, 1.54) is 4.88 Å². The Bertz CT molecular complexity index is 313. The van der Waals surface area contributed by atoms with Gasteiger partial charge in [-0.05, 0) is 31.2 Å². The summed E-state index contributed by atoms with van der Waals surface area (Å²) < 4.78 is 5.51. The lowest BCUT2D eigenvalue weighted by Gasteiger charge is -2.28. The first-order chi connectivity index (χ1) is 7.25. The SMILES string of the molecule is CC1CC(NCc2sccc2N)CCO1. The molecule has 84 valence electrons. The molecule has 1 aliphatic rings. The first kappa shape index (κ1) is 10.9. The van der Waals surface area contributed by atoms with Crippen molar-refractivity contribution in [3.63, 3.8) is 0 Å². The Morgan fingerprint density at radius 3 is 3.20 bits per heavy atom. The molecule has 3 nitrogen and oxygen atoms in total. The van der Waals surface area contributed by atoms with Crippen LogP contribution in [-0.2, 0) is 11.3 Å². The molecule has 0 aliphatic carbocycles. The highest BCUT2D eigenvalue weighted by atomic mass is 32.1. The van der Waals surface area contributed by atoms with Gasteiger partial charge in [0, 0.05) is 29.8 Å². The highest BCUT2D eigenvalue weighted by molar-refractivity contribution is 7.10. The Labute approximate surface area is 94.6 Å². The van der Waals surface area contributed by atoms with Gasteiger partial charge < -0.3 is 15.8 Å². The quantitative estimate of drug-likeness (QED) is 0.828. The number of rotatable bonds is 3. The topological polar surface area (TPSA) is 47.3 Å². The number of nitrogens with one attached hydrogen (secondary N) is 1. The van der Waals surface area contributed by atoms with E-state index in [0.29, 0.717) is 12.1 Å². The van der Waals surface area contributed by atoms with Crippen LogP contribution in [0.5, 0.6) is 0 Å². The molecule has 0 radical (unpaired) electrons. The first-order valence-electron chi connectivity index (χ1n) is 5.42. The van der Waals surface area contributed by atoms with Crippen LogP contribution in [0.4, 0.5) is 5.69 Å². The molecule has 1 aliphatic heterocycles. The molecule has 1 saturated heterocycles. The summed E-state index contributed by atoms with van der Waals surface area (Å²) in [7, 11) is 0. The van der Waals surface area contributed by atoms with Gasteiger partial charge in [0.2, 0.25) is 0 Å². The second-order valence-electron chi connectivity index (χ2n) is 4.08. The third-order valence-electron chi connectivity index (χ3n) is 2.82. The Balaban J connectivity index is 1.80. The molecule has 1 fully saturated rings. The number of hydrogen-bond donors (Lipinski definition) is 2. The lowest BCUT2D eigenvalue weighted by atomic mass is 10.0. The monoisotopic (exact) mass is 226 g/mol. The molecule has 1 aromatic rings. The minimum Gasteiger partial charge on any atom is -0.398 e.